The minimum absolute atomic E-state index is 0.149. The molecule has 7 heteroatoms. The second kappa shape index (κ2) is 5.02. The fourth-order valence-electron chi connectivity index (χ4n) is 1.87. The number of rotatable bonds is 2. The van der Waals surface area contributed by atoms with E-state index in [1.54, 1.807) is 6.92 Å². The maximum atomic E-state index is 11.0. The van der Waals surface area contributed by atoms with Gasteiger partial charge in [-0.3, -0.25) is 4.90 Å². The molecule has 1 saturated heterocycles. The maximum Gasteiger partial charge on any atom is 0.407 e. The number of nitrogens with zero attached hydrogens (tertiary/aromatic N) is 2. The highest BCUT2D eigenvalue weighted by atomic mass is 16.5. The minimum atomic E-state index is -1.04. The number of hydrogen-bond donors (Lipinski definition) is 2. The minimum Gasteiger partial charge on any atom is -0.465 e. The van der Waals surface area contributed by atoms with Gasteiger partial charge in [-0.05, 0) is 6.92 Å². The summed E-state index contributed by atoms with van der Waals surface area (Å²) in [6.07, 6.45) is -2.07. The van der Waals surface area contributed by atoms with Crippen LogP contribution in [-0.2, 0) is 4.74 Å². The van der Waals surface area contributed by atoms with Crippen LogP contribution in [0.25, 0.3) is 0 Å². The van der Waals surface area contributed by atoms with Crippen molar-refractivity contribution in [2.75, 3.05) is 26.8 Å². The number of carbonyl (C=O) groups is 2. The Hall–Kier alpha value is -1.50. The summed E-state index contributed by atoms with van der Waals surface area (Å²) >= 11 is 0. The first-order chi connectivity index (χ1) is 7.47. The molecule has 0 bridgehead atoms. The number of hydrogen-bond acceptors (Lipinski definition) is 3. The highest BCUT2D eigenvalue weighted by Gasteiger charge is 2.36. The zero-order valence-electron chi connectivity index (χ0n) is 9.29. The van der Waals surface area contributed by atoms with E-state index in [9.17, 15) is 9.59 Å². The normalized spacial score (nSPS) is 25.6. The van der Waals surface area contributed by atoms with Gasteiger partial charge in [0.1, 0.15) is 0 Å². The monoisotopic (exact) mass is 232 g/mol. The number of methoxy groups -OCH3 is 1. The summed E-state index contributed by atoms with van der Waals surface area (Å²) in [6.45, 7) is 2.21. The molecular formula is C9H16N2O5. The van der Waals surface area contributed by atoms with Crippen molar-refractivity contribution >= 4 is 12.2 Å². The van der Waals surface area contributed by atoms with E-state index in [2.05, 4.69) is 0 Å². The Morgan fingerprint density at radius 2 is 1.81 bits per heavy atom. The fourth-order valence-corrected chi connectivity index (χ4v) is 1.87. The largest absolute Gasteiger partial charge is 0.465 e. The van der Waals surface area contributed by atoms with Gasteiger partial charge in [-0.15, -0.1) is 0 Å². The Morgan fingerprint density at radius 3 is 2.25 bits per heavy atom. The number of amides is 2. The molecule has 1 aliphatic rings. The zero-order chi connectivity index (χ0) is 12.3. The summed E-state index contributed by atoms with van der Waals surface area (Å²) in [5, 5.41) is 17.9. The third-order valence-corrected chi connectivity index (χ3v) is 2.69. The molecule has 0 aromatic heterocycles. The first kappa shape index (κ1) is 12.6. The first-order valence-corrected chi connectivity index (χ1v) is 4.95. The molecule has 1 heterocycles. The summed E-state index contributed by atoms with van der Waals surface area (Å²) in [6, 6.07) is -0.767. The number of carboxylic acid groups (broad SMARTS) is 2. The van der Waals surface area contributed by atoms with Gasteiger partial charge < -0.3 is 19.8 Å². The molecule has 16 heavy (non-hydrogen) atoms. The summed E-state index contributed by atoms with van der Waals surface area (Å²) in [7, 11) is 1.46. The summed E-state index contributed by atoms with van der Waals surface area (Å²) in [4.78, 5) is 24.3. The van der Waals surface area contributed by atoms with Crippen LogP contribution in [0.5, 0.6) is 0 Å². The van der Waals surface area contributed by atoms with Crippen LogP contribution in [0.3, 0.4) is 0 Å². The van der Waals surface area contributed by atoms with Crippen LogP contribution < -0.4 is 0 Å². The molecule has 1 aliphatic heterocycles. The molecule has 2 N–H and O–H groups in total. The van der Waals surface area contributed by atoms with Crippen molar-refractivity contribution in [1.29, 1.82) is 0 Å². The molecule has 0 unspecified atom stereocenters. The summed E-state index contributed by atoms with van der Waals surface area (Å²) in [5.74, 6) is 0. The van der Waals surface area contributed by atoms with Crippen LogP contribution in [-0.4, -0.2) is 71.1 Å². The van der Waals surface area contributed by atoms with Gasteiger partial charge in [0.25, 0.3) is 0 Å². The second-order valence-electron chi connectivity index (χ2n) is 3.83. The van der Waals surface area contributed by atoms with Gasteiger partial charge in [0, 0.05) is 20.2 Å². The van der Waals surface area contributed by atoms with Crippen LogP contribution in [0, 0.1) is 0 Å². The molecule has 92 valence electrons. The molecule has 2 amide bonds. The average molecular weight is 232 g/mol. The molecule has 0 spiro atoms. The van der Waals surface area contributed by atoms with Gasteiger partial charge in [-0.25, -0.2) is 9.59 Å². The number of piperazine rings is 1. The molecule has 0 aromatic rings. The van der Waals surface area contributed by atoms with Crippen molar-refractivity contribution in [3.63, 3.8) is 0 Å². The van der Waals surface area contributed by atoms with Gasteiger partial charge in [0.05, 0.1) is 18.7 Å². The van der Waals surface area contributed by atoms with Crippen molar-refractivity contribution in [3.8, 4) is 0 Å². The van der Waals surface area contributed by atoms with Gasteiger partial charge in [-0.2, -0.15) is 0 Å². The van der Waals surface area contributed by atoms with Crippen molar-refractivity contribution in [3.05, 3.63) is 0 Å². The topological polar surface area (TPSA) is 90.3 Å². The van der Waals surface area contributed by atoms with Crippen LogP contribution in [0.1, 0.15) is 6.92 Å². The Labute approximate surface area is 93.2 Å². The van der Waals surface area contributed by atoms with E-state index in [0.29, 0.717) is 0 Å². The summed E-state index contributed by atoms with van der Waals surface area (Å²) < 4.78 is 4.90. The Balaban J connectivity index is 2.77. The van der Waals surface area contributed by atoms with Gasteiger partial charge in [-0.1, -0.05) is 0 Å². The molecule has 2 atom stereocenters. The van der Waals surface area contributed by atoms with Gasteiger partial charge in [0.2, 0.25) is 0 Å². The smallest absolute Gasteiger partial charge is 0.407 e. The lowest BCUT2D eigenvalue weighted by atomic mass is 10.1. The van der Waals surface area contributed by atoms with Crippen LogP contribution >= 0.6 is 0 Å². The molecule has 0 saturated carbocycles. The highest BCUT2D eigenvalue weighted by molar-refractivity contribution is 5.68. The Bertz CT molecular complexity index is 283. The quantitative estimate of drug-likeness (QED) is 0.717. The number of ether oxygens (including phenoxy) is 1. The lowest BCUT2D eigenvalue weighted by Crippen LogP contribution is -2.61. The maximum absolute atomic E-state index is 11.0. The average Bonchev–Trinajstić information content (AvgIpc) is 2.19. The van der Waals surface area contributed by atoms with Gasteiger partial charge in [0.15, 0.2) is 0 Å². The van der Waals surface area contributed by atoms with E-state index >= 15 is 0 Å². The van der Waals surface area contributed by atoms with Gasteiger partial charge >= 0.3 is 12.2 Å². The van der Waals surface area contributed by atoms with Crippen molar-refractivity contribution in [2.24, 2.45) is 0 Å². The molecule has 1 fully saturated rings. The zero-order valence-corrected chi connectivity index (χ0v) is 9.29. The van der Waals surface area contributed by atoms with Crippen LogP contribution in [0.15, 0.2) is 0 Å². The van der Waals surface area contributed by atoms with E-state index in [-0.39, 0.29) is 25.7 Å². The van der Waals surface area contributed by atoms with Crippen molar-refractivity contribution in [1.82, 2.24) is 9.80 Å². The predicted octanol–water partition coefficient (Wildman–Crippen LogP) is 0.364. The first-order valence-electron chi connectivity index (χ1n) is 4.95. The third-order valence-electron chi connectivity index (χ3n) is 2.69. The summed E-state index contributed by atoms with van der Waals surface area (Å²) in [5.41, 5.74) is 0. The SMILES string of the molecule is COC[C@H]1CN(C(=O)O)[C@H](C)CN1C(=O)O. The molecule has 0 aromatic carbocycles. The highest BCUT2D eigenvalue weighted by Crippen LogP contribution is 2.16. The fraction of sp³-hybridized carbons (Fsp3) is 0.778. The second-order valence-corrected chi connectivity index (χ2v) is 3.83. The molecule has 0 aliphatic carbocycles. The lowest BCUT2D eigenvalue weighted by Gasteiger charge is -2.42. The van der Waals surface area contributed by atoms with E-state index in [1.807, 2.05) is 0 Å². The standard InChI is InChI=1S/C9H16N2O5/c1-6-3-11(9(14)15)7(5-16-2)4-10(6)8(12)13/h6-7H,3-5H2,1-2H3,(H,12,13)(H,14,15)/t6-,7-/m1/s1. The van der Waals surface area contributed by atoms with E-state index in [4.69, 9.17) is 14.9 Å². The predicted molar refractivity (Wildman–Crippen MR) is 54.6 cm³/mol. The van der Waals surface area contributed by atoms with Crippen molar-refractivity contribution < 1.29 is 24.5 Å². The molecule has 1 rings (SSSR count). The van der Waals surface area contributed by atoms with E-state index < -0.39 is 18.2 Å². The molecule has 7 nitrogen and oxygen atoms in total. The molecular weight excluding hydrogens is 216 g/mol. The van der Waals surface area contributed by atoms with Crippen LogP contribution in [0.4, 0.5) is 9.59 Å². The van der Waals surface area contributed by atoms with Crippen LogP contribution in [0.2, 0.25) is 0 Å². The van der Waals surface area contributed by atoms with E-state index in [0.717, 1.165) is 0 Å². The Morgan fingerprint density at radius 1 is 1.25 bits per heavy atom. The molecule has 0 radical (unpaired) electrons. The Kier molecular flexibility index (Phi) is 3.94. The van der Waals surface area contributed by atoms with Crippen molar-refractivity contribution in [2.45, 2.75) is 19.0 Å². The lowest BCUT2D eigenvalue weighted by molar-refractivity contribution is 0.0104. The third kappa shape index (κ3) is 2.54. The van der Waals surface area contributed by atoms with E-state index in [1.165, 1.54) is 16.9 Å².